The number of pyridine rings is 1. The van der Waals surface area contributed by atoms with Gasteiger partial charge in [0.05, 0.1) is 5.69 Å². The molecule has 2 heterocycles. The summed E-state index contributed by atoms with van der Waals surface area (Å²) in [6.45, 7) is 8.74. The Balaban J connectivity index is 2.07. The highest BCUT2D eigenvalue weighted by Crippen LogP contribution is 2.60. The van der Waals surface area contributed by atoms with E-state index in [4.69, 9.17) is 4.74 Å². The number of aliphatic hydroxyl groups is 1. The third-order valence-corrected chi connectivity index (χ3v) is 6.74. The number of hydrogen-bond acceptors (Lipinski definition) is 4. The Hall–Kier alpha value is -1.78. The van der Waals surface area contributed by atoms with E-state index in [9.17, 15) is 9.90 Å². The molecule has 0 aromatic carbocycles. The Morgan fingerprint density at radius 2 is 2.03 bits per heavy atom. The fourth-order valence-electron chi connectivity index (χ4n) is 4.68. The van der Waals surface area contributed by atoms with Crippen molar-refractivity contribution < 1.29 is 23.4 Å². The number of fused-ring (bicyclic) bond motifs is 1. The largest absolute Gasteiger partial charge is 0.462 e. The third kappa shape index (κ3) is 4.56. The van der Waals surface area contributed by atoms with Gasteiger partial charge in [-0.25, -0.2) is 8.78 Å². The van der Waals surface area contributed by atoms with Crippen molar-refractivity contribution in [1.82, 2.24) is 4.98 Å². The molecule has 168 valence electrons. The number of aromatic nitrogens is 1. The Bertz CT molecular complexity index is 929. The molecule has 31 heavy (non-hydrogen) atoms. The van der Waals surface area contributed by atoms with Crippen molar-refractivity contribution in [3.8, 4) is 11.8 Å². The SMILES string of the molecule is C[C@H]1OC(=O)[C@]2([C@H](O)C#CC(C)(C)C)CC(F)(F)[C@@H](C)[C@H](C=Cc3ccc(Br)cn3)[C@H]12. The molecule has 0 spiro atoms. The minimum Gasteiger partial charge on any atom is -0.462 e. The summed E-state index contributed by atoms with van der Waals surface area (Å²) in [5.74, 6) is -0.776. The van der Waals surface area contributed by atoms with E-state index in [0.717, 1.165) is 4.47 Å². The second kappa shape index (κ2) is 8.29. The van der Waals surface area contributed by atoms with Crippen molar-refractivity contribution in [1.29, 1.82) is 0 Å². The monoisotopic (exact) mass is 495 g/mol. The Labute approximate surface area is 190 Å². The summed E-state index contributed by atoms with van der Waals surface area (Å²) in [6.07, 6.45) is 2.03. The van der Waals surface area contributed by atoms with Crippen LogP contribution in [0.2, 0.25) is 0 Å². The van der Waals surface area contributed by atoms with Crippen molar-refractivity contribution in [3.63, 3.8) is 0 Å². The van der Waals surface area contributed by atoms with Gasteiger partial charge in [-0.2, -0.15) is 0 Å². The first kappa shape index (κ1) is 23.9. The van der Waals surface area contributed by atoms with E-state index in [1.54, 1.807) is 31.3 Å². The zero-order chi connectivity index (χ0) is 23.2. The van der Waals surface area contributed by atoms with Crippen LogP contribution in [0.25, 0.3) is 6.08 Å². The van der Waals surface area contributed by atoms with Crippen LogP contribution in [-0.2, 0) is 9.53 Å². The maximum Gasteiger partial charge on any atom is 0.316 e. The zero-order valence-corrected chi connectivity index (χ0v) is 19.9. The Morgan fingerprint density at radius 1 is 1.35 bits per heavy atom. The van der Waals surface area contributed by atoms with E-state index in [1.165, 1.54) is 6.92 Å². The standard InChI is InChI=1S/C24H28BrF2NO3/c1-14-18(9-8-17-7-6-16(25)12-28-17)20-15(2)31-21(30)23(20,13-24(14,26)27)19(29)10-11-22(3,4)5/h6-9,12,14-15,18-20,29H,13H2,1-5H3/t14-,15+,18-,19+,20-,23-/m0/s1. The molecule has 0 radical (unpaired) electrons. The van der Waals surface area contributed by atoms with Gasteiger partial charge >= 0.3 is 5.97 Å². The predicted octanol–water partition coefficient (Wildman–Crippen LogP) is 5.11. The van der Waals surface area contributed by atoms with Crippen molar-refractivity contribution in [2.24, 2.45) is 28.6 Å². The van der Waals surface area contributed by atoms with Gasteiger partial charge in [0.1, 0.15) is 17.6 Å². The van der Waals surface area contributed by atoms with Gasteiger partial charge in [0.25, 0.3) is 5.92 Å². The van der Waals surface area contributed by atoms with E-state index < -0.39 is 59.1 Å². The molecule has 0 unspecified atom stereocenters. The molecule has 1 aliphatic carbocycles. The van der Waals surface area contributed by atoms with Gasteiger partial charge in [0.2, 0.25) is 0 Å². The number of rotatable bonds is 3. The summed E-state index contributed by atoms with van der Waals surface area (Å²) < 4.78 is 36.7. The van der Waals surface area contributed by atoms with Gasteiger partial charge in [-0.3, -0.25) is 9.78 Å². The summed E-state index contributed by atoms with van der Waals surface area (Å²) in [4.78, 5) is 17.2. The topological polar surface area (TPSA) is 59.4 Å². The molecule has 1 aromatic rings. The number of halogens is 3. The smallest absolute Gasteiger partial charge is 0.316 e. The lowest BCUT2D eigenvalue weighted by Crippen LogP contribution is -2.58. The van der Waals surface area contributed by atoms with Crippen molar-refractivity contribution in [2.75, 3.05) is 0 Å². The van der Waals surface area contributed by atoms with Gasteiger partial charge < -0.3 is 9.84 Å². The Morgan fingerprint density at radius 3 is 2.61 bits per heavy atom. The van der Waals surface area contributed by atoms with E-state index in [2.05, 4.69) is 32.8 Å². The fourth-order valence-corrected chi connectivity index (χ4v) is 4.92. The maximum absolute atomic E-state index is 15.2. The van der Waals surface area contributed by atoms with E-state index >= 15 is 8.78 Å². The number of alkyl halides is 2. The van der Waals surface area contributed by atoms with Crippen LogP contribution in [0.3, 0.4) is 0 Å². The number of aliphatic hydroxyl groups excluding tert-OH is 1. The van der Waals surface area contributed by atoms with Crippen LogP contribution >= 0.6 is 15.9 Å². The lowest BCUT2D eigenvalue weighted by molar-refractivity contribution is -0.184. The molecule has 2 fully saturated rings. The summed E-state index contributed by atoms with van der Waals surface area (Å²) in [5, 5.41) is 11.0. The van der Waals surface area contributed by atoms with Crippen LogP contribution in [-0.4, -0.2) is 34.2 Å². The summed E-state index contributed by atoms with van der Waals surface area (Å²) in [7, 11) is 0. The molecule has 1 N–H and O–H groups in total. The van der Waals surface area contributed by atoms with Gasteiger partial charge in [-0.05, 0) is 67.8 Å². The first-order valence-electron chi connectivity index (χ1n) is 10.4. The second-order valence-electron chi connectivity index (χ2n) is 9.66. The van der Waals surface area contributed by atoms with Gasteiger partial charge in [0, 0.05) is 34.3 Å². The highest BCUT2D eigenvalue weighted by Gasteiger charge is 2.70. The van der Waals surface area contributed by atoms with E-state index in [1.807, 2.05) is 26.8 Å². The number of allylic oxidation sites excluding steroid dienone is 1. The van der Waals surface area contributed by atoms with Crippen molar-refractivity contribution >= 4 is 28.0 Å². The Kier molecular flexibility index (Phi) is 6.38. The van der Waals surface area contributed by atoms with Crippen LogP contribution in [0.1, 0.15) is 46.7 Å². The van der Waals surface area contributed by atoms with Crippen LogP contribution in [0.15, 0.2) is 28.9 Å². The third-order valence-electron chi connectivity index (χ3n) is 6.27. The van der Waals surface area contributed by atoms with Gasteiger partial charge in [0.15, 0.2) is 0 Å². The van der Waals surface area contributed by atoms with Crippen molar-refractivity contribution in [3.05, 3.63) is 34.6 Å². The first-order valence-corrected chi connectivity index (χ1v) is 11.2. The quantitative estimate of drug-likeness (QED) is 0.467. The molecule has 2 aliphatic rings. The molecular weight excluding hydrogens is 468 g/mol. The van der Waals surface area contributed by atoms with E-state index in [0.29, 0.717) is 5.69 Å². The number of esters is 1. The molecule has 6 atom stereocenters. The molecule has 4 nitrogen and oxygen atoms in total. The molecule has 0 amide bonds. The molecule has 1 aromatic heterocycles. The first-order chi connectivity index (χ1) is 14.3. The minimum atomic E-state index is -3.17. The molecule has 1 saturated carbocycles. The molecule has 0 bridgehead atoms. The summed E-state index contributed by atoms with van der Waals surface area (Å²) >= 11 is 3.32. The average molecular weight is 496 g/mol. The number of ether oxygens (including phenoxy) is 1. The second-order valence-corrected chi connectivity index (χ2v) is 10.6. The van der Waals surface area contributed by atoms with Gasteiger partial charge in [-0.1, -0.05) is 24.8 Å². The normalized spacial score (nSPS) is 33.4. The summed E-state index contributed by atoms with van der Waals surface area (Å²) in [6, 6.07) is 3.58. The number of hydrogen-bond donors (Lipinski definition) is 1. The maximum atomic E-state index is 15.2. The molecule has 3 rings (SSSR count). The van der Waals surface area contributed by atoms with Crippen molar-refractivity contribution in [2.45, 2.75) is 59.2 Å². The average Bonchev–Trinajstić information content (AvgIpc) is 2.91. The number of carbonyl (C=O) groups excluding carboxylic acids is 1. The highest BCUT2D eigenvalue weighted by atomic mass is 79.9. The molecule has 1 saturated heterocycles. The molecule has 7 heteroatoms. The molecule has 1 aliphatic heterocycles. The highest BCUT2D eigenvalue weighted by molar-refractivity contribution is 9.10. The zero-order valence-electron chi connectivity index (χ0n) is 18.3. The lowest BCUT2D eigenvalue weighted by Gasteiger charge is -2.48. The number of carbonyl (C=O) groups is 1. The predicted molar refractivity (Wildman–Crippen MR) is 118 cm³/mol. The summed E-state index contributed by atoms with van der Waals surface area (Å²) in [5.41, 5.74) is -1.62. The van der Waals surface area contributed by atoms with Crippen LogP contribution in [0.4, 0.5) is 8.78 Å². The molecular formula is C24H28BrF2NO3. The van der Waals surface area contributed by atoms with Crippen LogP contribution in [0.5, 0.6) is 0 Å². The van der Waals surface area contributed by atoms with Gasteiger partial charge in [-0.15, -0.1) is 0 Å². The number of nitrogens with zero attached hydrogens (tertiary/aromatic N) is 1. The minimum absolute atomic E-state index is 0.446. The lowest BCUT2D eigenvalue weighted by atomic mass is 9.54. The van der Waals surface area contributed by atoms with E-state index in [-0.39, 0.29) is 0 Å². The van der Waals surface area contributed by atoms with Crippen LogP contribution < -0.4 is 0 Å². The fraction of sp³-hybridized carbons (Fsp3) is 0.583. The van der Waals surface area contributed by atoms with Crippen LogP contribution in [0, 0.1) is 40.4 Å². The number of cyclic esters (lactones) is 1.